The van der Waals surface area contributed by atoms with Crippen molar-refractivity contribution < 1.29 is 19.0 Å². The Morgan fingerprint density at radius 3 is 2.61 bits per heavy atom. The van der Waals surface area contributed by atoms with Gasteiger partial charge in [-0.3, -0.25) is 0 Å². The number of hydrogen-bond acceptors (Lipinski definition) is 5. The van der Waals surface area contributed by atoms with E-state index in [-0.39, 0.29) is 5.97 Å². The second-order valence-electron chi connectivity index (χ2n) is 3.67. The highest BCUT2D eigenvalue weighted by molar-refractivity contribution is 5.75. The van der Waals surface area contributed by atoms with Crippen molar-refractivity contribution in [2.24, 2.45) is 0 Å². The standard InChI is InChI=1S/C13H19NO4/c1-4-11(13(15)17-5-2)18-12-7-6-9(16-3)8-10(12)14/h6-8,11H,4-5,14H2,1-3H3. The molecule has 1 unspecified atom stereocenters. The van der Waals surface area contributed by atoms with E-state index in [1.165, 1.54) is 0 Å². The van der Waals surface area contributed by atoms with E-state index in [9.17, 15) is 4.79 Å². The van der Waals surface area contributed by atoms with Gasteiger partial charge in [-0.05, 0) is 25.5 Å². The van der Waals surface area contributed by atoms with Crippen molar-refractivity contribution in [2.45, 2.75) is 26.4 Å². The Bertz CT molecular complexity index is 406. The number of rotatable bonds is 6. The molecule has 1 rings (SSSR count). The first kappa shape index (κ1) is 14.2. The Labute approximate surface area is 107 Å². The number of benzene rings is 1. The van der Waals surface area contributed by atoms with Crippen LogP contribution in [0.25, 0.3) is 0 Å². The fraction of sp³-hybridized carbons (Fsp3) is 0.462. The topological polar surface area (TPSA) is 70.8 Å². The lowest BCUT2D eigenvalue weighted by molar-refractivity contribution is -0.151. The number of carbonyl (C=O) groups excluding carboxylic acids is 1. The zero-order valence-electron chi connectivity index (χ0n) is 10.9. The minimum absolute atomic E-state index is 0.330. The summed E-state index contributed by atoms with van der Waals surface area (Å²) in [5.41, 5.74) is 6.24. The van der Waals surface area contributed by atoms with E-state index in [4.69, 9.17) is 19.9 Å². The lowest BCUT2D eigenvalue weighted by Gasteiger charge is -2.17. The number of ether oxygens (including phenoxy) is 3. The zero-order valence-corrected chi connectivity index (χ0v) is 10.9. The van der Waals surface area contributed by atoms with Crippen LogP contribution in [0.5, 0.6) is 11.5 Å². The molecule has 18 heavy (non-hydrogen) atoms. The van der Waals surface area contributed by atoms with Crippen LogP contribution < -0.4 is 15.2 Å². The van der Waals surface area contributed by atoms with Gasteiger partial charge in [0.2, 0.25) is 0 Å². The number of esters is 1. The van der Waals surface area contributed by atoms with Crippen LogP contribution in [0.3, 0.4) is 0 Å². The van der Waals surface area contributed by atoms with Crippen molar-refractivity contribution in [3.63, 3.8) is 0 Å². The molecule has 0 aliphatic rings. The fourth-order valence-corrected chi connectivity index (χ4v) is 1.45. The molecule has 0 aliphatic carbocycles. The third-order valence-electron chi connectivity index (χ3n) is 2.41. The first-order chi connectivity index (χ1) is 8.62. The molecule has 1 atom stereocenters. The summed E-state index contributed by atoms with van der Waals surface area (Å²) in [4.78, 5) is 11.6. The van der Waals surface area contributed by atoms with Gasteiger partial charge >= 0.3 is 5.97 Å². The number of nitrogens with two attached hydrogens (primary N) is 1. The summed E-state index contributed by atoms with van der Waals surface area (Å²) < 4.78 is 15.5. The Morgan fingerprint density at radius 1 is 1.39 bits per heavy atom. The van der Waals surface area contributed by atoms with Crippen molar-refractivity contribution in [1.29, 1.82) is 0 Å². The molecule has 2 N–H and O–H groups in total. The Morgan fingerprint density at radius 2 is 2.11 bits per heavy atom. The van der Waals surface area contributed by atoms with Crippen molar-refractivity contribution in [3.8, 4) is 11.5 Å². The Balaban J connectivity index is 2.78. The van der Waals surface area contributed by atoms with Crippen molar-refractivity contribution >= 4 is 11.7 Å². The van der Waals surface area contributed by atoms with Crippen LogP contribution in [0, 0.1) is 0 Å². The lowest BCUT2D eigenvalue weighted by Crippen LogP contribution is -2.28. The molecule has 1 aromatic rings. The van der Waals surface area contributed by atoms with E-state index in [0.717, 1.165) is 0 Å². The van der Waals surface area contributed by atoms with E-state index in [1.807, 2.05) is 6.92 Å². The minimum Gasteiger partial charge on any atom is -0.497 e. The number of anilines is 1. The summed E-state index contributed by atoms with van der Waals surface area (Å²) in [7, 11) is 1.56. The van der Waals surface area contributed by atoms with E-state index in [2.05, 4.69) is 0 Å². The third kappa shape index (κ3) is 3.55. The number of carbonyl (C=O) groups is 1. The third-order valence-corrected chi connectivity index (χ3v) is 2.41. The largest absolute Gasteiger partial charge is 0.497 e. The van der Waals surface area contributed by atoms with Crippen LogP contribution in [-0.4, -0.2) is 25.8 Å². The van der Waals surface area contributed by atoms with Crippen LogP contribution in [-0.2, 0) is 9.53 Å². The van der Waals surface area contributed by atoms with Crippen molar-refractivity contribution in [3.05, 3.63) is 18.2 Å². The van der Waals surface area contributed by atoms with E-state index < -0.39 is 6.10 Å². The van der Waals surface area contributed by atoms with Crippen LogP contribution in [0.15, 0.2) is 18.2 Å². The molecule has 0 heterocycles. The number of methoxy groups -OCH3 is 1. The first-order valence-electron chi connectivity index (χ1n) is 5.89. The summed E-state index contributed by atoms with van der Waals surface area (Å²) in [6.45, 7) is 3.93. The smallest absolute Gasteiger partial charge is 0.347 e. The van der Waals surface area contributed by atoms with Gasteiger partial charge in [-0.25, -0.2) is 4.79 Å². The average molecular weight is 253 g/mol. The molecule has 0 spiro atoms. The Hall–Kier alpha value is -1.91. The van der Waals surface area contributed by atoms with Crippen LogP contribution in [0.1, 0.15) is 20.3 Å². The maximum Gasteiger partial charge on any atom is 0.347 e. The van der Waals surface area contributed by atoms with Gasteiger partial charge in [-0.1, -0.05) is 6.92 Å². The summed E-state index contributed by atoms with van der Waals surface area (Å²) in [6, 6.07) is 5.05. The molecule has 100 valence electrons. The highest BCUT2D eigenvalue weighted by Crippen LogP contribution is 2.27. The average Bonchev–Trinajstić information content (AvgIpc) is 2.37. The maximum atomic E-state index is 11.6. The molecular formula is C13H19NO4. The van der Waals surface area contributed by atoms with E-state index in [1.54, 1.807) is 32.2 Å². The maximum absolute atomic E-state index is 11.6. The van der Waals surface area contributed by atoms with Gasteiger partial charge in [-0.2, -0.15) is 0 Å². The normalized spacial score (nSPS) is 11.7. The molecular weight excluding hydrogens is 234 g/mol. The lowest BCUT2D eigenvalue weighted by atomic mass is 10.2. The monoisotopic (exact) mass is 253 g/mol. The highest BCUT2D eigenvalue weighted by Gasteiger charge is 2.20. The van der Waals surface area contributed by atoms with Crippen LogP contribution in [0.2, 0.25) is 0 Å². The van der Waals surface area contributed by atoms with Gasteiger partial charge in [0, 0.05) is 6.07 Å². The summed E-state index contributed by atoms with van der Waals surface area (Å²) in [5.74, 6) is 0.718. The molecule has 0 bridgehead atoms. The van der Waals surface area contributed by atoms with Crippen molar-refractivity contribution in [2.75, 3.05) is 19.5 Å². The van der Waals surface area contributed by atoms with E-state index >= 15 is 0 Å². The minimum atomic E-state index is -0.638. The predicted molar refractivity (Wildman–Crippen MR) is 68.7 cm³/mol. The Kier molecular flexibility index (Phi) is 5.30. The first-order valence-corrected chi connectivity index (χ1v) is 5.89. The van der Waals surface area contributed by atoms with Crippen LogP contribution >= 0.6 is 0 Å². The quantitative estimate of drug-likeness (QED) is 0.620. The summed E-state index contributed by atoms with van der Waals surface area (Å²) in [5, 5.41) is 0. The summed E-state index contributed by atoms with van der Waals surface area (Å²) in [6.07, 6.45) is -0.120. The molecule has 5 heteroatoms. The van der Waals surface area contributed by atoms with Gasteiger partial charge in [0.1, 0.15) is 11.5 Å². The second-order valence-corrected chi connectivity index (χ2v) is 3.67. The van der Waals surface area contributed by atoms with Gasteiger partial charge in [0.25, 0.3) is 0 Å². The SMILES string of the molecule is CCOC(=O)C(CC)Oc1ccc(OC)cc1N. The van der Waals surface area contributed by atoms with Gasteiger partial charge in [-0.15, -0.1) is 0 Å². The number of hydrogen-bond donors (Lipinski definition) is 1. The molecule has 1 aromatic carbocycles. The summed E-state index contributed by atoms with van der Waals surface area (Å²) >= 11 is 0. The molecule has 5 nitrogen and oxygen atoms in total. The molecule has 0 fully saturated rings. The van der Waals surface area contributed by atoms with Crippen LogP contribution in [0.4, 0.5) is 5.69 Å². The fourth-order valence-electron chi connectivity index (χ4n) is 1.45. The van der Waals surface area contributed by atoms with Crippen molar-refractivity contribution in [1.82, 2.24) is 0 Å². The molecule has 0 aliphatic heterocycles. The molecule has 0 radical (unpaired) electrons. The molecule has 0 amide bonds. The van der Waals surface area contributed by atoms with Gasteiger partial charge < -0.3 is 19.9 Å². The predicted octanol–water partition coefficient (Wildman–Crippen LogP) is 2.00. The number of nitrogen functional groups attached to an aromatic ring is 1. The van der Waals surface area contributed by atoms with Gasteiger partial charge in [0.05, 0.1) is 19.4 Å². The second kappa shape index (κ2) is 6.74. The highest BCUT2D eigenvalue weighted by atomic mass is 16.6. The van der Waals surface area contributed by atoms with Gasteiger partial charge in [0.15, 0.2) is 6.10 Å². The molecule has 0 aromatic heterocycles. The van der Waals surface area contributed by atoms with E-state index in [0.29, 0.717) is 30.2 Å². The zero-order chi connectivity index (χ0) is 13.5. The molecule has 0 saturated carbocycles. The molecule has 0 saturated heterocycles.